The van der Waals surface area contributed by atoms with E-state index >= 15 is 0 Å². The molecule has 0 aliphatic heterocycles. The highest BCUT2D eigenvalue weighted by Crippen LogP contribution is 2.51. The molecule has 0 spiro atoms. The van der Waals surface area contributed by atoms with Crippen LogP contribution in [0.15, 0.2) is 45.8 Å². The fraction of sp³-hybridized carbons (Fsp3) is 0.250. The van der Waals surface area contributed by atoms with Crippen LogP contribution in [-0.4, -0.2) is 10.5 Å². The Morgan fingerprint density at radius 2 is 1.84 bits per heavy atom. The molecule has 1 aliphatic carbocycles. The van der Waals surface area contributed by atoms with E-state index in [1.165, 1.54) is 16.7 Å². The summed E-state index contributed by atoms with van der Waals surface area (Å²) in [7, 11) is -0.968. The normalized spacial score (nSPS) is 16.8. The van der Waals surface area contributed by atoms with Crippen LogP contribution in [0.5, 0.6) is 0 Å². The molecule has 98 valence electrons. The van der Waals surface area contributed by atoms with Gasteiger partial charge in [-0.15, -0.1) is 0 Å². The van der Waals surface area contributed by atoms with Gasteiger partial charge in [-0.05, 0) is 34.9 Å². The van der Waals surface area contributed by atoms with Gasteiger partial charge in [0, 0.05) is 26.6 Å². The lowest BCUT2D eigenvalue weighted by molar-refractivity contribution is 0.658. The molecule has 1 nitrogen and oxygen atoms in total. The van der Waals surface area contributed by atoms with E-state index in [0.717, 1.165) is 14.9 Å². The molecule has 0 saturated heterocycles. The van der Waals surface area contributed by atoms with Crippen LogP contribution in [0, 0.1) is 0 Å². The second kappa shape index (κ2) is 4.29. The topological polar surface area (TPSA) is 17.1 Å². The van der Waals surface area contributed by atoms with Gasteiger partial charge in [-0.25, -0.2) is 0 Å². The van der Waals surface area contributed by atoms with Gasteiger partial charge in [0.05, 0.1) is 10.8 Å². The molecule has 19 heavy (non-hydrogen) atoms. The summed E-state index contributed by atoms with van der Waals surface area (Å²) < 4.78 is 13.1. The lowest BCUT2D eigenvalue weighted by Crippen LogP contribution is -2.15. The second-order valence-corrected chi connectivity index (χ2v) is 7.71. The first-order chi connectivity index (χ1) is 8.93. The van der Waals surface area contributed by atoms with Gasteiger partial charge >= 0.3 is 0 Å². The average Bonchev–Trinajstić information content (AvgIpc) is 2.58. The molecule has 0 radical (unpaired) electrons. The van der Waals surface area contributed by atoms with Gasteiger partial charge in [-0.3, -0.25) is 4.21 Å². The molecule has 0 amide bonds. The average molecular weight is 335 g/mol. The van der Waals surface area contributed by atoms with E-state index in [1.54, 1.807) is 6.26 Å². The first-order valence-corrected chi connectivity index (χ1v) is 8.55. The summed E-state index contributed by atoms with van der Waals surface area (Å²) in [5.41, 5.74) is 4.91. The lowest BCUT2D eigenvalue weighted by atomic mass is 9.82. The molecule has 0 heterocycles. The maximum atomic E-state index is 12.0. The fourth-order valence-electron chi connectivity index (χ4n) is 2.97. The highest BCUT2D eigenvalue weighted by Gasteiger charge is 2.37. The molecular formula is C16H15BrOS. The van der Waals surface area contributed by atoms with Crippen LogP contribution in [-0.2, 0) is 16.2 Å². The SMILES string of the molecule is CS(=O)c1cccc2c1-c1ccc(Br)cc1C2(C)C. The van der Waals surface area contributed by atoms with E-state index < -0.39 is 10.8 Å². The molecule has 2 aromatic rings. The minimum absolute atomic E-state index is 0.0379. The summed E-state index contributed by atoms with van der Waals surface area (Å²) in [5, 5.41) is 0. The van der Waals surface area contributed by atoms with Crippen LogP contribution in [0.2, 0.25) is 0 Å². The van der Waals surface area contributed by atoms with E-state index in [0.29, 0.717) is 0 Å². The molecule has 1 unspecified atom stereocenters. The van der Waals surface area contributed by atoms with Crippen LogP contribution in [0.4, 0.5) is 0 Å². The Morgan fingerprint density at radius 3 is 2.53 bits per heavy atom. The van der Waals surface area contributed by atoms with Gasteiger partial charge in [0.25, 0.3) is 0 Å². The van der Waals surface area contributed by atoms with Crippen molar-refractivity contribution >= 4 is 26.7 Å². The van der Waals surface area contributed by atoms with E-state index in [2.05, 4.69) is 54.0 Å². The molecule has 0 aromatic heterocycles. The molecule has 0 N–H and O–H groups in total. The first-order valence-electron chi connectivity index (χ1n) is 6.20. The van der Waals surface area contributed by atoms with Gasteiger partial charge in [0.2, 0.25) is 0 Å². The number of benzene rings is 2. The predicted octanol–water partition coefficient (Wildman–Crippen LogP) is 4.49. The predicted molar refractivity (Wildman–Crippen MR) is 84.0 cm³/mol. The van der Waals surface area contributed by atoms with Gasteiger partial charge in [-0.1, -0.05) is 48.0 Å². The first kappa shape index (κ1) is 13.1. The van der Waals surface area contributed by atoms with Crippen LogP contribution in [0.3, 0.4) is 0 Å². The molecule has 0 saturated carbocycles. The maximum Gasteiger partial charge on any atom is 0.0504 e. The third-order valence-electron chi connectivity index (χ3n) is 3.93. The van der Waals surface area contributed by atoms with Crippen molar-refractivity contribution < 1.29 is 4.21 Å². The van der Waals surface area contributed by atoms with Gasteiger partial charge in [-0.2, -0.15) is 0 Å². The summed E-state index contributed by atoms with van der Waals surface area (Å²) in [5.74, 6) is 0. The van der Waals surface area contributed by atoms with Gasteiger partial charge < -0.3 is 0 Å². The van der Waals surface area contributed by atoms with Crippen LogP contribution in [0.25, 0.3) is 11.1 Å². The van der Waals surface area contributed by atoms with E-state index in [1.807, 2.05) is 12.1 Å². The standard InChI is InChI=1S/C16H15BrOS/c1-16(2)12-5-4-6-14(19(3)18)15(12)11-8-7-10(17)9-13(11)16/h4-9H,1-3H3. The summed E-state index contributed by atoms with van der Waals surface area (Å²) in [6, 6.07) is 12.5. The Hall–Kier alpha value is -0.930. The molecule has 3 rings (SSSR count). The number of halogens is 1. The van der Waals surface area contributed by atoms with E-state index in [4.69, 9.17) is 0 Å². The summed E-state index contributed by atoms with van der Waals surface area (Å²) >= 11 is 3.55. The van der Waals surface area contributed by atoms with Crippen molar-refractivity contribution in [2.24, 2.45) is 0 Å². The van der Waals surface area contributed by atoms with Crippen molar-refractivity contribution in [3.8, 4) is 11.1 Å². The molecule has 1 aliphatic rings. The second-order valence-electron chi connectivity index (χ2n) is 5.45. The van der Waals surface area contributed by atoms with Gasteiger partial charge in [0.15, 0.2) is 0 Å². The number of rotatable bonds is 1. The van der Waals surface area contributed by atoms with Crippen molar-refractivity contribution in [1.29, 1.82) is 0 Å². The minimum atomic E-state index is -0.968. The summed E-state index contributed by atoms with van der Waals surface area (Å²) in [6.45, 7) is 4.46. The molecular weight excluding hydrogens is 320 g/mol. The van der Waals surface area contributed by atoms with Gasteiger partial charge in [0.1, 0.15) is 0 Å². The van der Waals surface area contributed by atoms with Crippen LogP contribution >= 0.6 is 15.9 Å². The highest BCUT2D eigenvalue weighted by molar-refractivity contribution is 9.10. The van der Waals surface area contributed by atoms with Crippen molar-refractivity contribution in [2.75, 3.05) is 6.26 Å². The fourth-order valence-corrected chi connectivity index (χ4v) is 4.10. The highest BCUT2D eigenvalue weighted by atomic mass is 79.9. The Labute approximate surface area is 124 Å². The van der Waals surface area contributed by atoms with Crippen molar-refractivity contribution in [2.45, 2.75) is 24.2 Å². The zero-order valence-electron chi connectivity index (χ0n) is 11.2. The van der Waals surface area contributed by atoms with E-state index in [9.17, 15) is 4.21 Å². The van der Waals surface area contributed by atoms with Crippen molar-refractivity contribution in [3.63, 3.8) is 0 Å². The third kappa shape index (κ3) is 1.83. The number of hydrogen-bond donors (Lipinski definition) is 0. The smallest absolute Gasteiger partial charge is 0.0504 e. The zero-order valence-corrected chi connectivity index (χ0v) is 13.6. The molecule has 0 fully saturated rings. The van der Waals surface area contributed by atoms with Crippen molar-refractivity contribution in [1.82, 2.24) is 0 Å². The summed E-state index contributed by atoms with van der Waals surface area (Å²) in [6.07, 6.45) is 1.75. The van der Waals surface area contributed by atoms with Crippen LogP contribution in [0.1, 0.15) is 25.0 Å². The Bertz CT molecular complexity index is 704. The minimum Gasteiger partial charge on any atom is -0.255 e. The zero-order chi connectivity index (χ0) is 13.8. The van der Waals surface area contributed by atoms with Crippen molar-refractivity contribution in [3.05, 3.63) is 52.0 Å². The maximum absolute atomic E-state index is 12.0. The number of hydrogen-bond acceptors (Lipinski definition) is 1. The Kier molecular flexibility index (Phi) is 2.95. The largest absolute Gasteiger partial charge is 0.255 e. The third-order valence-corrected chi connectivity index (χ3v) is 5.39. The molecule has 2 aromatic carbocycles. The molecule has 3 heteroatoms. The quantitative estimate of drug-likeness (QED) is 0.750. The van der Waals surface area contributed by atoms with Crippen LogP contribution < -0.4 is 0 Å². The summed E-state index contributed by atoms with van der Waals surface area (Å²) in [4.78, 5) is 0.937. The molecule has 0 bridgehead atoms. The monoisotopic (exact) mass is 334 g/mol. The number of fused-ring (bicyclic) bond motifs is 3. The Balaban J connectivity index is 2.42. The molecule has 1 atom stereocenters. The van der Waals surface area contributed by atoms with E-state index in [-0.39, 0.29) is 5.41 Å². The lowest BCUT2D eigenvalue weighted by Gasteiger charge is -2.21. The Morgan fingerprint density at radius 1 is 1.11 bits per heavy atom.